The standard InChI is InChI=1S/C13H19NO/c1-2-3-4-5-8-11-14-13(15)12-9-6-7-10-12/h6-7,9H,2-5,8,11H2,1H3,(H,14,15). The number of nitrogens with one attached hydrogen (secondary N) is 1. The van der Waals surface area contributed by atoms with E-state index in [9.17, 15) is 4.79 Å². The van der Waals surface area contributed by atoms with E-state index in [1.807, 2.05) is 6.08 Å². The molecule has 2 nitrogen and oxygen atoms in total. The van der Waals surface area contributed by atoms with Crippen molar-refractivity contribution in [3.05, 3.63) is 29.5 Å². The maximum Gasteiger partial charge on any atom is 0.259 e. The van der Waals surface area contributed by atoms with Crippen molar-refractivity contribution < 1.29 is 4.79 Å². The van der Waals surface area contributed by atoms with Crippen molar-refractivity contribution in [3.63, 3.8) is 0 Å². The molecule has 82 valence electrons. The Morgan fingerprint density at radius 1 is 1.33 bits per heavy atom. The molecule has 0 spiro atoms. The Kier molecular flexibility index (Phi) is 5.57. The lowest BCUT2D eigenvalue weighted by molar-refractivity contribution is -0.117. The van der Waals surface area contributed by atoms with Crippen molar-refractivity contribution in [2.45, 2.75) is 39.0 Å². The molecule has 0 bridgehead atoms. The molecule has 15 heavy (non-hydrogen) atoms. The minimum atomic E-state index is -0.00417. The van der Waals surface area contributed by atoms with Crippen molar-refractivity contribution in [3.8, 4) is 0 Å². The molecule has 0 unspecified atom stereocenters. The first-order valence-electron chi connectivity index (χ1n) is 5.76. The van der Waals surface area contributed by atoms with Crippen LogP contribution in [0.5, 0.6) is 0 Å². The summed E-state index contributed by atoms with van der Waals surface area (Å²) in [6, 6.07) is 0. The summed E-state index contributed by atoms with van der Waals surface area (Å²) >= 11 is 0. The van der Waals surface area contributed by atoms with Gasteiger partial charge in [0.2, 0.25) is 0 Å². The predicted octanol–water partition coefficient (Wildman–Crippen LogP) is 2.72. The Balaban J connectivity index is 2.03. The lowest BCUT2D eigenvalue weighted by atomic mass is 10.1. The molecule has 0 saturated carbocycles. The van der Waals surface area contributed by atoms with Gasteiger partial charge in [-0.2, -0.15) is 0 Å². The molecule has 0 aliphatic heterocycles. The summed E-state index contributed by atoms with van der Waals surface area (Å²) in [7, 11) is 0. The van der Waals surface area contributed by atoms with E-state index < -0.39 is 0 Å². The number of hydrogen-bond acceptors (Lipinski definition) is 1. The highest BCUT2D eigenvalue weighted by molar-refractivity contribution is 5.96. The second kappa shape index (κ2) is 7.08. The zero-order valence-corrected chi connectivity index (χ0v) is 9.38. The quantitative estimate of drug-likeness (QED) is 0.502. The first-order valence-corrected chi connectivity index (χ1v) is 5.76. The lowest BCUT2D eigenvalue weighted by Crippen LogP contribution is -2.24. The third-order valence-corrected chi connectivity index (χ3v) is 2.41. The van der Waals surface area contributed by atoms with Crippen LogP contribution < -0.4 is 5.32 Å². The van der Waals surface area contributed by atoms with Crippen LogP contribution in [0.25, 0.3) is 0 Å². The smallest absolute Gasteiger partial charge is 0.259 e. The molecule has 0 fully saturated rings. The number of allylic oxidation sites excluding steroid dienone is 1. The molecule has 0 aromatic heterocycles. The predicted molar refractivity (Wildman–Crippen MR) is 62.5 cm³/mol. The monoisotopic (exact) mass is 205 g/mol. The van der Waals surface area contributed by atoms with Crippen LogP contribution in [0, 0.1) is 0 Å². The summed E-state index contributed by atoms with van der Waals surface area (Å²) in [5.74, 6) is -0.00417. The topological polar surface area (TPSA) is 29.1 Å². The van der Waals surface area contributed by atoms with Gasteiger partial charge < -0.3 is 5.32 Å². The number of carbonyl (C=O) groups excluding carboxylic acids is 1. The zero-order valence-electron chi connectivity index (χ0n) is 9.38. The number of rotatable bonds is 7. The van der Waals surface area contributed by atoms with Gasteiger partial charge in [-0.3, -0.25) is 4.79 Å². The van der Waals surface area contributed by atoms with E-state index in [4.69, 9.17) is 0 Å². The minimum Gasteiger partial charge on any atom is -0.352 e. The summed E-state index contributed by atoms with van der Waals surface area (Å²) in [5.41, 5.74) is 3.53. The van der Waals surface area contributed by atoms with Gasteiger partial charge >= 0.3 is 0 Å². The molecule has 1 rings (SSSR count). The van der Waals surface area contributed by atoms with Crippen molar-refractivity contribution >= 4 is 5.91 Å². The van der Waals surface area contributed by atoms with E-state index in [0.29, 0.717) is 5.57 Å². The molecule has 2 heteroatoms. The molecule has 0 aromatic rings. The molecule has 1 N–H and O–H groups in total. The second-order valence-corrected chi connectivity index (χ2v) is 3.75. The molecule has 0 saturated heterocycles. The first-order chi connectivity index (χ1) is 7.34. The zero-order chi connectivity index (χ0) is 10.9. The minimum absolute atomic E-state index is 0.00417. The fraction of sp³-hybridized carbons (Fsp3) is 0.538. The van der Waals surface area contributed by atoms with Crippen LogP contribution >= 0.6 is 0 Å². The molecule has 0 atom stereocenters. The Morgan fingerprint density at radius 3 is 2.80 bits per heavy atom. The number of unbranched alkanes of at least 4 members (excludes halogenated alkanes) is 4. The van der Waals surface area contributed by atoms with Gasteiger partial charge in [-0.1, -0.05) is 38.7 Å². The van der Waals surface area contributed by atoms with Crippen molar-refractivity contribution in [2.75, 3.05) is 6.54 Å². The average Bonchev–Trinajstić information content (AvgIpc) is 2.76. The third kappa shape index (κ3) is 4.66. The van der Waals surface area contributed by atoms with Crippen molar-refractivity contribution in [1.29, 1.82) is 0 Å². The van der Waals surface area contributed by atoms with Crippen LogP contribution in [0.3, 0.4) is 0 Å². The Bertz CT molecular complexity index is 296. The van der Waals surface area contributed by atoms with Crippen LogP contribution in [0.2, 0.25) is 0 Å². The van der Waals surface area contributed by atoms with Crippen LogP contribution in [0.4, 0.5) is 0 Å². The Labute approximate surface area is 91.8 Å². The van der Waals surface area contributed by atoms with E-state index in [-0.39, 0.29) is 5.91 Å². The molecule has 1 aliphatic rings. The molecule has 0 aromatic carbocycles. The van der Waals surface area contributed by atoms with E-state index >= 15 is 0 Å². The molecule has 1 amide bonds. The van der Waals surface area contributed by atoms with Gasteiger partial charge in [0.05, 0.1) is 5.57 Å². The molecule has 0 heterocycles. The van der Waals surface area contributed by atoms with Gasteiger partial charge in [-0.25, -0.2) is 0 Å². The van der Waals surface area contributed by atoms with Gasteiger partial charge in [-0.05, 0) is 18.6 Å². The summed E-state index contributed by atoms with van der Waals surface area (Å²) in [5, 5.41) is 2.89. The Morgan fingerprint density at radius 2 is 2.13 bits per heavy atom. The van der Waals surface area contributed by atoms with Gasteiger partial charge in [0.1, 0.15) is 0 Å². The average molecular weight is 205 g/mol. The van der Waals surface area contributed by atoms with E-state index in [1.165, 1.54) is 25.7 Å². The summed E-state index contributed by atoms with van der Waals surface area (Å²) in [4.78, 5) is 11.5. The summed E-state index contributed by atoms with van der Waals surface area (Å²) in [6.07, 6.45) is 11.5. The summed E-state index contributed by atoms with van der Waals surface area (Å²) in [6.45, 7) is 2.98. The maximum absolute atomic E-state index is 11.5. The highest BCUT2D eigenvalue weighted by Gasteiger charge is 2.05. The lowest BCUT2D eigenvalue weighted by Gasteiger charge is -2.03. The van der Waals surface area contributed by atoms with Gasteiger partial charge in [0, 0.05) is 6.54 Å². The highest BCUT2D eigenvalue weighted by atomic mass is 16.1. The third-order valence-electron chi connectivity index (χ3n) is 2.41. The summed E-state index contributed by atoms with van der Waals surface area (Å²) < 4.78 is 0. The highest BCUT2D eigenvalue weighted by Crippen LogP contribution is 2.03. The molecule has 0 radical (unpaired) electrons. The van der Waals surface area contributed by atoms with E-state index in [1.54, 1.807) is 12.2 Å². The van der Waals surface area contributed by atoms with Gasteiger partial charge in [-0.15, -0.1) is 5.73 Å². The van der Waals surface area contributed by atoms with Gasteiger partial charge in [0.15, 0.2) is 0 Å². The number of amides is 1. The van der Waals surface area contributed by atoms with Crippen molar-refractivity contribution in [2.24, 2.45) is 0 Å². The first kappa shape index (κ1) is 11.8. The maximum atomic E-state index is 11.5. The Hall–Kier alpha value is -1.27. The normalized spacial score (nSPS) is 13.0. The van der Waals surface area contributed by atoms with Crippen LogP contribution in [-0.2, 0) is 4.79 Å². The fourth-order valence-corrected chi connectivity index (χ4v) is 1.50. The largest absolute Gasteiger partial charge is 0.352 e. The van der Waals surface area contributed by atoms with E-state index in [0.717, 1.165) is 13.0 Å². The van der Waals surface area contributed by atoms with Crippen LogP contribution in [-0.4, -0.2) is 12.5 Å². The van der Waals surface area contributed by atoms with E-state index in [2.05, 4.69) is 18.0 Å². The molecular weight excluding hydrogens is 186 g/mol. The van der Waals surface area contributed by atoms with Crippen molar-refractivity contribution in [1.82, 2.24) is 5.32 Å². The van der Waals surface area contributed by atoms with Gasteiger partial charge in [0.25, 0.3) is 5.91 Å². The fourth-order valence-electron chi connectivity index (χ4n) is 1.50. The SMILES string of the molecule is CCCCCCCNC(=O)C1=C=CC=C1. The second-order valence-electron chi connectivity index (χ2n) is 3.75. The molecular formula is C13H19NO. The molecule has 1 aliphatic carbocycles. The number of hydrogen-bond donors (Lipinski definition) is 1. The number of carbonyl (C=O) groups is 1. The van der Waals surface area contributed by atoms with Crippen LogP contribution in [0.1, 0.15) is 39.0 Å². The van der Waals surface area contributed by atoms with Crippen LogP contribution in [0.15, 0.2) is 29.5 Å².